The summed E-state index contributed by atoms with van der Waals surface area (Å²) in [7, 11) is 2.11. The lowest BCUT2D eigenvalue weighted by molar-refractivity contribution is 0.135. The lowest BCUT2D eigenvalue weighted by Crippen LogP contribution is -2.37. The molecule has 3 heteroatoms. The Labute approximate surface area is 81.4 Å². The van der Waals surface area contributed by atoms with Crippen LogP contribution in [-0.4, -0.2) is 36.0 Å². The van der Waals surface area contributed by atoms with Gasteiger partial charge in [-0.25, -0.2) is 0 Å². The summed E-state index contributed by atoms with van der Waals surface area (Å²) in [5, 5.41) is 6.60. The van der Waals surface area contributed by atoms with Crippen molar-refractivity contribution in [1.29, 1.82) is 0 Å². The third kappa shape index (κ3) is 2.61. The van der Waals surface area contributed by atoms with Crippen molar-refractivity contribution < 1.29 is 0 Å². The highest BCUT2D eigenvalue weighted by Gasteiger charge is 2.22. The predicted molar refractivity (Wildman–Crippen MR) is 56.6 cm³/mol. The maximum Gasteiger partial charge on any atom is 0.118 e. The van der Waals surface area contributed by atoms with E-state index in [1.807, 2.05) is 6.34 Å². The van der Waals surface area contributed by atoms with Crippen molar-refractivity contribution in [2.24, 2.45) is 5.10 Å². The van der Waals surface area contributed by atoms with Gasteiger partial charge in [-0.2, -0.15) is 5.10 Å². The third-order valence-electron chi connectivity index (χ3n) is 2.48. The standard InChI is InChI=1S/C10H21N3/c1-4-6-8-13-10(7-5-2)12(3)9-11-13/h9-10H,4-8H2,1-3H3. The molecule has 1 atom stereocenters. The fraction of sp³-hybridized carbons (Fsp3) is 0.900. The van der Waals surface area contributed by atoms with E-state index in [1.165, 1.54) is 25.7 Å². The summed E-state index contributed by atoms with van der Waals surface area (Å²) >= 11 is 0. The minimum absolute atomic E-state index is 0.511. The first-order valence-corrected chi connectivity index (χ1v) is 5.32. The predicted octanol–water partition coefficient (Wildman–Crippen LogP) is 2.10. The molecule has 1 rings (SSSR count). The van der Waals surface area contributed by atoms with Gasteiger partial charge in [0.15, 0.2) is 0 Å². The van der Waals surface area contributed by atoms with Crippen LogP contribution in [0.25, 0.3) is 0 Å². The van der Waals surface area contributed by atoms with E-state index in [2.05, 4.69) is 35.9 Å². The van der Waals surface area contributed by atoms with Gasteiger partial charge in [-0.1, -0.05) is 26.7 Å². The van der Waals surface area contributed by atoms with Crippen LogP contribution in [-0.2, 0) is 0 Å². The van der Waals surface area contributed by atoms with Crippen LogP contribution in [0.15, 0.2) is 5.10 Å². The zero-order valence-electron chi connectivity index (χ0n) is 9.03. The fourth-order valence-corrected chi connectivity index (χ4v) is 1.65. The topological polar surface area (TPSA) is 18.8 Å². The van der Waals surface area contributed by atoms with E-state index in [0.29, 0.717) is 6.17 Å². The largest absolute Gasteiger partial charge is 0.343 e. The van der Waals surface area contributed by atoms with Crippen molar-refractivity contribution in [3.8, 4) is 0 Å². The average molecular weight is 183 g/mol. The van der Waals surface area contributed by atoms with Crippen LogP contribution in [0.5, 0.6) is 0 Å². The van der Waals surface area contributed by atoms with Crippen LogP contribution in [0.4, 0.5) is 0 Å². The lowest BCUT2D eigenvalue weighted by atomic mass is 10.2. The molecule has 1 heterocycles. The van der Waals surface area contributed by atoms with E-state index in [-0.39, 0.29) is 0 Å². The molecular weight excluding hydrogens is 162 g/mol. The quantitative estimate of drug-likeness (QED) is 0.650. The van der Waals surface area contributed by atoms with Crippen LogP contribution < -0.4 is 0 Å². The first-order valence-electron chi connectivity index (χ1n) is 5.32. The SMILES string of the molecule is CCCCN1N=CN(C)C1CCC. The van der Waals surface area contributed by atoms with E-state index >= 15 is 0 Å². The fourth-order valence-electron chi connectivity index (χ4n) is 1.65. The zero-order valence-corrected chi connectivity index (χ0v) is 9.03. The molecule has 0 radical (unpaired) electrons. The Morgan fingerprint density at radius 2 is 2.08 bits per heavy atom. The molecule has 0 bridgehead atoms. The van der Waals surface area contributed by atoms with Gasteiger partial charge in [-0.15, -0.1) is 0 Å². The molecule has 76 valence electrons. The number of unbranched alkanes of at least 4 members (excludes halogenated alkanes) is 1. The van der Waals surface area contributed by atoms with E-state index in [0.717, 1.165) is 6.54 Å². The van der Waals surface area contributed by atoms with Crippen LogP contribution >= 0.6 is 0 Å². The van der Waals surface area contributed by atoms with Gasteiger partial charge in [0.1, 0.15) is 12.5 Å². The average Bonchev–Trinajstić information content (AvgIpc) is 2.46. The van der Waals surface area contributed by atoms with Gasteiger partial charge < -0.3 is 4.90 Å². The summed E-state index contributed by atoms with van der Waals surface area (Å²) in [4.78, 5) is 2.21. The summed E-state index contributed by atoms with van der Waals surface area (Å²) in [6.45, 7) is 5.55. The maximum atomic E-state index is 4.39. The van der Waals surface area contributed by atoms with Gasteiger partial charge in [-0.05, 0) is 12.8 Å². The van der Waals surface area contributed by atoms with Crippen molar-refractivity contribution in [3.05, 3.63) is 0 Å². The first-order chi connectivity index (χ1) is 6.29. The molecular formula is C10H21N3. The molecule has 0 aliphatic carbocycles. The molecule has 0 amide bonds. The highest BCUT2D eigenvalue weighted by molar-refractivity contribution is 5.56. The van der Waals surface area contributed by atoms with E-state index < -0.39 is 0 Å². The Morgan fingerprint density at radius 1 is 1.31 bits per heavy atom. The van der Waals surface area contributed by atoms with Gasteiger partial charge in [-0.3, -0.25) is 5.01 Å². The third-order valence-corrected chi connectivity index (χ3v) is 2.48. The van der Waals surface area contributed by atoms with Gasteiger partial charge in [0.05, 0.1) is 0 Å². The second kappa shape index (κ2) is 5.10. The summed E-state index contributed by atoms with van der Waals surface area (Å²) in [6.07, 6.45) is 7.37. The monoisotopic (exact) mass is 183 g/mol. The van der Waals surface area contributed by atoms with Crippen molar-refractivity contribution in [2.45, 2.75) is 45.7 Å². The highest BCUT2D eigenvalue weighted by Crippen LogP contribution is 2.15. The smallest absolute Gasteiger partial charge is 0.118 e. The van der Waals surface area contributed by atoms with Crippen molar-refractivity contribution in [3.63, 3.8) is 0 Å². The van der Waals surface area contributed by atoms with Crippen LogP contribution in [0.1, 0.15) is 39.5 Å². The first kappa shape index (κ1) is 10.4. The Morgan fingerprint density at radius 3 is 2.69 bits per heavy atom. The normalized spacial score (nSPS) is 21.6. The molecule has 0 saturated carbocycles. The molecule has 0 aromatic carbocycles. The second-order valence-corrected chi connectivity index (χ2v) is 3.68. The number of hydrogen-bond acceptors (Lipinski definition) is 3. The Kier molecular flexibility index (Phi) is 4.06. The number of nitrogens with zero attached hydrogens (tertiary/aromatic N) is 3. The second-order valence-electron chi connectivity index (χ2n) is 3.68. The number of rotatable bonds is 5. The minimum Gasteiger partial charge on any atom is -0.343 e. The van der Waals surface area contributed by atoms with Crippen molar-refractivity contribution in [1.82, 2.24) is 9.91 Å². The van der Waals surface area contributed by atoms with Crippen molar-refractivity contribution >= 4 is 6.34 Å². The molecule has 0 aromatic rings. The lowest BCUT2D eigenvalue weighted by Gasteiger charge is -2.27. The summed E-state index contributed by atoms with van der Waals surface area (Å²) < 4.78 is 0. The molecule has 13 heavy (non-hydrogen) atoms. The number of hydrogen-bond donors (Lipinski definition) is 0. The van der Waals surface area contributed by atoms with Gasteiger partial charge >= 0.3 is 0 Å². The Hall–Kier alpha value is -0.730. The molecule has 1 aliphatic rings. The number of hydrazone groups is 1. The molecule has 1 unspecified atom stereocenters. The maximum absolute atomic E-state index is 4.39. The molecule has 0 saturated heterocycles. The molecule has 0 spiro atoms. The Bertz CT molecular complexity index is 168. The summed E-state index contributed by atoms with van der Waals surface area (Å²) in [5.41, 5.74) is 0. The van der Waals surface area contributed by atoms with E-state index in [9.17, 15) is 0 Å². The van der Waals surface area contributed by atoms with Gasteiger partial charge in [0, 0.05) is 13.6 Å². The van der Waals surface area contributed by atoms with E-state index in [4.69, 9.17) is 0 Å². The summed E-state index contributed by atoms with van der Waals surface area (Å²) in [5.74, 6) is 0. The van der Waals surface area contributed by atoms with E-state index in [1.54, 1.807) is 0 Å². The van der Waals surface area contributed by atoms with Crippen LogP contribution in [0.2, 0.25) is 0 Å². The molecule has 3 nitrogen and oxygen atoms in total. The molecule has 0 aromatic heterocycles. The van der Waals surface area contributed by atoms with Gasteiger partial charge in [0.25, 0.3) is 0 Å². The molecule has 0 fully saturated rings. The summed E-state index contributed by atoms with van der Waals surface area (Å²) in [6, 6.07) is 0. The minimum atomic E-state index is 0.511. The van der Waals surface area contributed by atoms with Crippen molar-refractivity contribution in [2.75, 3.05) is 13.6 Å². The zero-order chi connectivity index (χ0) is 9.68. The highest BCUT2D eigenvalue weighted by atomic mass is 15.6. The molecule has 1 aliphatic heterocycles. The van der Waals surface area contributed by atoms with Crippen LogP contribution in [0.3, 0.4) is 0 Å². The molecule has 0 N–H and O–H groups in total. The van der Waals surface area contributed by atoms with Crippen LogP contribution in [0, 0.1) is 0 Å². The Balaban J connectivity index is 2.38. The van der Waals surface area contributed by atoms with Gasteiger partial charge in [0.2, 0.25) is 0 Å².